The Morgan fingerprint density at radius 2 is 1.74 bits per heavy atom. The number of ketones is 1. The van der Waals surface area contributed by atoms with Gasteiger partial charge in [0.05, 0.1) is 28.7 Å². The van der Waals surface area contributed by atoms with E-state index in [0.29, 0.717) is 44.5 Å². The fourth-order valence-electron chi connectivity index (χ4n) is 12.5. The fraction of sp³-hybridized carbons (Fsp3) is 0.711. The molecule has 0 amide bonds. The van der Waals surface area contributed by atoms with Crippen molar-refractivity contribution in [2.75, 3.05) is 6.54 Å². The number of carbonyl (C=O) groups excluding carboxylic acids is 1. The lowest BCUT2D eigenvalue weighted by Gasteiger charge is -2.63. The number of carbonyl (C=O) groups is 1. The van der Waals surface area contributed by atoms with Crippen LogP contribution in [0.4, 0.5) is 0 Å². The van der Waals surface area contributed by atoms with Crippen molar-refractivity contribution in [2.45, 2.75) is 154 Å². The third kappa shape index (κ3) is 6.27. The Kier molecular flexibility index (Phi) is 9.96. The average molecular weight is 731 g/mol. The first-order valence-corrected chi connectivity index (χ1v) is 20.6. The molecule has 0 bridgehead atoms. The molecule has 8 nitrogen and oxygen atoms in total. The monoisotopic (exact) mass is 730 g/mol. The van der Waals surface area contributed by atoms with Gasteiger partial charge < -0.3 is 36.2 Å². The molecule has 1 saturated heterocycles. The van der Waals surface area contributed by atoms with Gasteiger partial charge in [-0.2, -0.15) is 0 Å². The predicted octanol–water partition coefficient (Wildman–Crippen LogP) is 6.26. The molecular formula is C45H66N2O6. The molecule has 12 atom stereocenters. The first kappa shape index (κ1) is 38.8. The van der Waals surface area contributed by atoms with Crippen LogP contribution in [0.5, 0.6) is 0 Å². The molecule has 1 aromatic carbocycles. The van der Waals surface area contributed by atoms with Crippen molar-refractivity contribution >= 4 is 5.78 Å². The Bertz CT molecular complexity index is 1650. The first-order chi connectivity index (χ1) is 24.9. The zero-order valence-electron chi connectivity index (χ0n) is 33.0. The topological polar surface area (TPSA) is 149 Å². The molecule has 0 unspecified atom stereocenters. The van der Waals surface area contributed by atoms with Gasteiger partial charge in [-0.05, 0) is 135 Å². The van der Waals surface area contributed by atoms with Gasteiger partial charge in [-0.25, -0.2) is 0 Å². The Morgan fingerprint density at radius 3 is 2.43 bits per heavy atom. The second-order valence-electron chi connectivity index (χ2n) is 19.3. The molecule has 2 aliphatic heterocycles. The van der Waals surface area contributed by atoms with Gasteiger partial charge in [-0.3, -0.25) is 4.79 Å². The summed E-state index contributed by atoms with van der Waals surface area (Å²) in [5.41, 5.74) is 3.98. The largest absolute Gasteiger partial charge is 0.393 e. The molecule has 0 spiro atoms. The first-order valence-electron chi connectivity index (χ1n) is 20.6. The van der Waals surface area contributed by atoms with Crippen molar-refractivity contribution in [1.29, 1.82) is 0 Å². The standard InChI is InChI=1S/C45H66N2O6/c1-7-19-44(51,39-38(53-39)43(6,50)40(2,3)20-15-29-18-23-47-36(46)24-29)35-17-22-45(52)33-26-34(49)32-25-31(48)16-21-41(32,4)37(33)30(27-42(35,45)5)14-13-28-11-9-8-10-12-28/h8-12,18,24,26,30-32,35,37-39,47-48,50-52H,7,13-17,19-23,25,27,46H2,1-6H3/t30-,31+,32+,35+,37+,38+,39+,41+,42-,43+,44-,45-/m1/s1. The molecular weight excluding hydrogens is 665 g/mol. The lowest BCUT2D eigenvalue weighted by atomic mass is 9.42. The van der Waals surface area contributed by atoms with Gasteiger partial charge in [0.25, 0.3) is 0 Å². The van der Waals surface area contributed by atoms with Crippen LogP contribution in [0.1, 0.15) is 118 Å². The highest BCUT2D eigenvalue weighted by molar-refractivity contribution is 5.95. The van der Waals surface area contributed by atoms with E-state index in [4.69, 9.17) is 10.5 Å². The van der Waals surface area contributed by atoms with E-state index >= 15 is 0 Å². The van der Waals surface area contributed by atoms with E-state index in [-0.39, 0.29) is 34.9 Å². The van der Waals surface area contributed by atoms with Gasteiger partial charge in [-0.15, -0.1) is 0 Å². The van der Waals surface area contributed by atoms with Crippen LogP contribution in [0, 0.1) is 39.9 Å². The molecule has 4 fully saturated rings. The lowest BCUT2D eigenvalue weighted by molar-refractivity contribution is -0.170. The van der Waals surface area contributed by atoms with Crippen molar-refractivity contribution in [3.8, 4) is 0 Å². The predicted molar refractivity (Wildman–Crippen MR) is 207 cm³/mol. The van der Waals surface area contributed by atoms with E-state index in [2.05, 4.69) is 70.3 Å². The van der Waals surface area contributed by atoms with E-state index in [1.54, 1.807) is 6.08 Å². The van der Waals surface area contributed by atoms with Crippen LogP contribution in [-0.4, -0.2) is 67.9 Å². The number of hydrogen-bond acceptors (Lipinski definition) is 8. The van der Waals surface area contributed by atoms with Crippen molar-refractivity contribution in [2.24, 2.45) is 45.7 Å². The molecule has 53 heavy (non-hydrogen) atoms. The summed E-state index contributed by atoms with van der Waals surface area (Å²) in [5, 5.41) is 52.5. The minimum atomic E-state index is -1.27. The third-order valence-electron chi connectivity index (χ3n) is 16.0. The van der Waals surface area contributed by atoms with Gasteiger partial charge >= 0.3 is 0 Å². The number of benzene rings is 1. The maximum atomic E-state index is 14.1. The number of allylic oxidation sites excluding steroid dienone is 3. The number of nitrogens with two attached hydrogens (primary N) is 1. The number of ether oxygens (including phenoxy) is 1. The van der Waals surface area contributed by atoms with Crippen LogP contribution in [0.25, 0.3) is 0 Å². The van der Waals surface area contributed by atoms with Gasteiger partial charge in [0.1, 0.15) is 12.2 Å². The molecule has 0 radical (unpaired) electrons. The van der Waals surface area contributed by atoms with Gasteiger partial charge in [0.2, 0.25) is 0 Å². The van der Waals surface area contributed by atoms with Gasteiger partial charge in [-0.1, -0.05) is 77.4 Å². The molecule has 6 aliphatic rings. The number of hydrogen-bond donors (Lipinski definition) is 6. The summed E-state index contributed by atoms with van der Waals surface area (Å²) in [6, 6.07) is 10.6. The molecule has 3 saturated carbocycles. The maximum absolute atomic E-state index is 14.1. The lowest BCUT2D eigenvalue weighted by Crippen LogP contribution is -2.64. The zero-order chi connectivity index (χ0) is 38.2. The Labute approximate surface area is 317 Å². The van der Waals surface area contributed by atoms with E-state index < -0.39 is 45.9 Å². The number of aliphatic hydroxyl groups excluding tert-OH is 1. The minimum Gasteiger partial charge on any atom is -0.393 e. The summed E-state index contributed by atoms with van der Waals surface area (Å²) in [4.78, 5) is 14.1. The summed E-state index contributed by atoms with van der Waals surface area (Å²) in [6.07, 6.45) is 12.5. The second kappa shape index (κ2) is 13.6. The Hall–Kier alpha value is -2.49. The highest BCUT2D eigenvalue weighted by Crippen LogP contribution is 2.71. The molecule has 4 aliphatic carbocycles. The number of aliphatic hydroxyl groups is 4. The van der Waals surface area contributed by atoms with Crippen LogP contribution in [0.2, 0.25) is 0 Å². The number of fused-ring (bicyclic) bond motifs is 5. The van der Waals surface area contributed by atoms with Crippen molar-refractivity contribution in [1.82, 2.24) is 5.32 Å². The average Bonchev–Trinajstić information content (AvgIpc) is 3.88. The minimum absolute atomic E-state index is 0.0178. The quantitative estimate of drug-likeness (QED) is 0.138. The van der Waals surface area contributed by atoms with E-state index in [1.807, 2.05) is 19.1 Å². The van der Waals surface area contributed by atoms with Crippen LogP contribution in [0.3, 0.4) is 0 Å². The zero-order valence-corrected chi connectivity index (χ0v) is 33.0. The number of aryl methyl sites for hydroxylation is 1. The van der Waals surface area contributed by atoms with Crippen LogP contribution < -0.4 is 11.1 Å². The fourth-order valence-corrected chi connectivity index (χ4v) is 12.5. The summed E-state index contributed by atoms with van der Waals surface area (Å²) in [7, 11) is 0. The smallest absolute Gasteiger partial charge is 0.159 e. The van der Waals surface area contributed by atoms with Crippen molar-refractivity contribution in [3.63, 3.8) is 0 Å². The SMILES string of the molecule is CCC[C@@](O)([C@H]1CC[C@@]2(O)C3=CC(=O)[C@@H]4C[C@@H](O)CC[C@]4(C)[C@H]3[C@H](CCc3ccccc3)C[C@]12C)[C@H]1O[C@@H]1[C@](C)(O)C(C)(C)CCC1=CCNC(N)=C1. The summed E-state index contributed by atoms with van der Waals surface area (Å²) in [5.74, 6) is 0.336. The van der Waals surface area contributed by atoms with Crippen molar-refractivity contribution in [3.05, 3.63) is 71.1 Å². The highest BCUT2D eigenvalue weighted by Gasteiger charge is 2.74. The number of rotatable bonds is 12. The molecule has 7 N–H and O–H groups in total. The number of nitrogens with one attached hydrogen (secondary N) is 1. The third-order valence-corrected chi connectivity index (χ3v) is 16.0. The Balaban J connectivity index is 1.21. The van der Waals surface area contributed by atoms with Crippen molar-refractivity contribution < 1.29 is 30.0 Å². The molecule has 7 rings (SSSR count). The van der Waals surface area contributed by atoms with Gasteiger partial charge in [0.15, 0.2) is 5.78 Å². The van der Waals surface area contributed by atoms with E-state index in [1.165, 1.54) is 5.56 Å². The van der Waals surface area contributed by atoms with Crippen LogP contribution >= 0.6 is 0 Å². The number of epoxide rings is 1. The highest BCUT2D eigenvalue weighted by atomic mass is 16.6. The Morgan fingerprint density at radius 1 is 1.00 bits per heavy atom. The molecule has 0 aromatic heterocycles. The number of dihydropyridines is 1. The molecule has 1 aromatic rings. The van der Waals surface area contributed by atoms with Crippen LogP contribution in [-0.2, 0) is 16.0 Å². The molecule has 8 heteroatoms. The summed E-state index contributed by atoms with van der Waals surface area (Å²) >= 11 is 0. The van der Waals surface area contributed by atoms with E-state index in [0.717, 1.165) is 56.1 Å². The molecule has 292 valence electrons. The molecule has 2 heterocycles. The van der Waals surface area contributed by atoms with E-state index in [9.17, 15) is 25.2 Å². The van der Waals surface area contributed by atoms with Crippen LogP contribution in [0.15, 0.2) is 65.5 Å². The summed E-state index contributed by atoms with van der Waals surface area (Å²) in [6.45, 7) is 13.2. The normalized spacial score (nSPS) is 40.3. The maximum Gasteiger partial charge on any atom is 0.159 e. The second-order valence-corrected chi connectivity index (χ2v) is 19.3. The van der Waals surface area contributed by atoms with Gasteiger partial charge in [0, 0.05) is 17.9 Å². The summed E-state index contributed by atoms with van der Waals surface area (Å²) < 4.78 is 6.49.